The molecule has 1 N–H and O–H groups in total. The van der Waals surface area contributed by atoms with Crippen LogP contribution in [-0.4, -0.2) is 61.1 Å². The largest absolute Gasteiger partial charge is 0.311 e. The van der Waals surface area contributed by atoms with Gasteiger partial charge in [-0.2, -0.15) is 11.8 Å². The molecule has 0 bridgehead atoms. The summed E-state index contributed by atoms with van der Waals surface area (Å²) in [5.74, 6) is 1.73. The van der Waals surface area contributed by atoms with Crippen LogP contribution < -0.4 is 5.32 Å². The zero-order chi connectivity index (χ0) is 15.4. The second kappa shape index (κ2) is 7.47. The monoisotopic (exact) mass is 322 g/mol. The van der Waals surface area contributed by atoms with Gasteiger partial charge in [0.05, 0.1) is 0 Å². The van der Waals surface area contributed by atoms with Crippen LogP contribution in [0.25, 0.3) is 0 Å². The summed E-state index contributed by atoms with van der Waals surface area (Å²) in [4.78, 5) is 2.22. The van der Waals surface area contributed by atoms with Crippen molar-refractivity contribution < 1.29 is 8.42 Å². The zero-order valence-corrected chi connectivity index (χ0v) is 15.1. The van der Waals surface area contributed by atoms with Crippen LogP contribution in [0.1, 0.15) is 40.5 Å². The molecule has 1 heterocycles. The maximum Gasteiger partial charge on any atom is 0.164 e. The van der Waals surface area contributed by atoms with Crippen LogP contribution in [0.4, 0.5) is 0 Å². The molecule has 0 spiro atoms. The summed E-state index contributed by atoms with van der Waals surface area (Å²) < 4.78 is 24.1. The zero-order valence-electron chi connectivity index (χ0n) is 13.5. The highest BCUT2D eigenvalue weighted by Crippen LogP contribution is 2.24. The van der Waals surface area contributed by atoms with Crippen molar-refractivity contribution in [1.82, 2.24) is 10.2 Å². The van der Waals surface area contributed by atoms with Crippen LogP contribution in [-0.2, 0) is 9.84 Å². The van der Waals surface area contributed by atoms with Gasteiger partial charge in [-0.15, -0.1) is 0 Å². The van der Waals surface area contributed by atoms with Crippen LogP contribution in [0.5, 0.6) is 0 Å². The van der Waals surface area contributed by atoms with Crippen LogP contribution in [0, 0.1) is 0 Å². The van der Waals surface area contributed by atoms with Gasteiger partial charge in [0.25, 0.3) is 0 Å². The van der Waals surface area contributed by atoms with E-state index in [9.17, 15) is 8.42 Å². The maximum atomic E-state index is 12.0. The van der Waals surface area contributed by atoms with Gasteiger partial charge in [0.1, 0.15) is 5.37 Å². The third-order valence-electron chi connectivity index (χ3n) is 3.58. The highest BCUT2D eigenvalue weighted by Gasteiger charge is 2.35. The number of rotatable bonds is 6. The van der Waals surface area contributed by atoms with Crippen molar-refractivity contribution >= 4 is 21.6 Å². The van der Waals surface area contributed by atoms with Gasteiger partial charge in [-0.3, -0.25) is 4.90 Å². The van der Waals surface area contributed by atoms with E-state index in [1.807, 2.05) is 0 Å². The van der Waals surface area contributed by atoms with Crippen molar-refractivity contribution in [2.24, 2.45) is 0 Å². The summed E-state index contributed by atoms with van der Waals surface area (Å²) in [6.07, 6.45) is 3.49. The maximum absolute atomic E-state index is 12.0. The second-order valence-corrected chi connectivity index (χ2v) is 10.0. The molecule has 2 atom stereocenters. The standard InChI is InChI=1S/C14H30N2O2S2/c1-6-7-12(10-15-14(2,3)4)16-8-9-19-11-13(16)20(5,17)18/h12-13,15H,6-11H2,1-5H3. The SMILES string of the molecule is CCCC(CNC(C)(C)C)N1CCSCC1S(C)(=O)=O. The number of thioether (sulfide) groups is 1. The lowest BCUT2D eigenvalue weighted by Crippen LogP contribution is -2.56. The first-order chi connectivity index (χ1) is 9.15. The second-order valence-electron chi connectivity index (χ2n) is 6.67. The Labute approximate surface area is 129 Å². The quantitative estimate of drug-likeness (QED) is 0.810. The Morgan fingerprint density at radius 1 is 1.40 bits per heavy atom. The molecular weight excluding hydrogens is 292 g/mol. The van der Waals surface area contributed by atoms with Crippen LogP contribution in [0.3, 0.4) is 0 Å². The summed E-state index contributed by atoms with van der Waals surface area (Å²) in [6.45, 7) is 10.3. The molecule has 1 aliphatic rings. The van der Waals surface area contributed by atoms with Crippen LogP contribution >= 0.6 is 11.8 Å². The lowest BCUT2D eigenvalue weighted by molar-refractivity contribution is 0.169. The molecule has 0 radical (unpaired) electrons. The summed E-state index contributed by atoms with van der Waals surface area (Å²) in [5.41, 5.74) is 0.0666. The molecular formula is C14H30N2O2S2. The average Bonchev–Trinajstić information content (AvgIpc) is 2.32. The lowest BCUT2D eigenvalue weighted by atomic mass is 10.1. The highest BCUT2D eigenvalue weighted by molar-refractivity contribution is 8.00. The van der Waals surface area contributed by atoms with E-state index >= 15 is 0 Å². The molecule has 0 aromatic heterocycles. The number of nitrogens with one attached hydrogen (secondary N) is 1. The fourth-order valence-electron chi connectivity index (χ4n) is 2.52. The van der Waals surface area contributed by atoms with E-state index in [4.69, 9.17) is 0 Å². The van der Waals surface area contributed by atoms with Crippen molar-refractivity contribution in [3.05, 3.63) is 0 Å². The molecule has 1 aliphatic heterocycles. The fraction of sp³-hybridized carbons (Fsp3) is 1.00. The molecule has 1 saturated heterocycles. The molecule has 0 saturated carbocycles. The average molecular weight is 323 g/mol. The van der Waals surface area contributed by atoms with Gasteiger partial charge in [-0.1, -0.05) is 13.3 Å². The molecule has 0 aliphatic carbocycles. The molecule has 4 nitrogen and oxygen atoms in total. The third kappa shape index (κ3) is 5.92. The lowest BCUT2D eigenvalue weighted by Gasteiger charge is -2.41. The van der Waals surface area contributed by atoms with E-state index < -0.39 is 9.84 Å². The first-order valence-corrected chi connectivity index (χ1v) is 10.5. The third-order valence-corrected chi connectivity index (χ3v) is 6.24. The van der Waals surface area contributed by atoms with Gasteiger partial charge in [0, 0.05) is 42.4 Å². The van der Waals surface area contributed by atoms with E-state index in [2.05, 4.69) is 37.9 Å². The highest BCUT2D eigenvalue weighted by atomic mass is 32.2. The Balaban J connectivity index is 2.81. The van der Waals surface area contributed by atoms with Crippen molar-refractivity contribution in [1.29, 1.82) is 0 Å². The normalized spacial score (nSPS) is 23.8. The van der Waals surface area contributed by atoms with Gasteiger partial charge in [-0.25, -0.2) is 8.42 Å². The topological polar surface area (TPSA) is 49.4 Å². The summed E-state index contributed by atoms with van der Waals surface area (Å²) >= 11 is 1.75. The Morgan fingerprint density at radius 3 is 2.55 bits per heavy atom. The number of sulfone groups is 1. The van der Waals surface area contributed by atoms with Crippen molar-refractivity contribution in [2.75, 3.05) is 30.9 Å². The molecule has 2 unspecified atom stereocenters. The molecule has 0 aromatic rings. The van der Waals surface area contributed by atoms with Gasteiger partial charge < -0.3 is 5.32 Å². The Kier molecular flexibility index (Phi) is 6.83. The van der Waals surface area contributed by atoms with E-state index in [-0.39, 0.29) is 10.9 Å². The van der Waals surface area contributed by atoms with E-state index in [1.54, 1.807) is 11.8 Å². The minimum Gasteiger partial charge on any atom is -0.311 e. The molecule has 120 valence electrons. The van der Waals surface area contributed by atoms with E-state index in [0.717, 1.165) is 31.7 Å². The number of hydrogen-bond acceptors (Lipinski definition) is 5. The van der Waals surface area contributed by atoms with Crippen molar-refractivity contribution in [2.45, 2.75) is 57.5 Å². The molecule has 1 rings (SSSR count). The smallest absolute Gasteiger partial charge is 0.164 e. The minimum absolute atomic E-state index is 0.0666. The predicted molar refractivity (Wildman–Crippen MR) is 89.1 cm³/mol. The van der Waals surface area contributed by atoms with E-state index in [1.165, 1.54) is 6.26 Å². The molecule has 6 heteroatoms. The summed E-state index contributed by atoms with van der Waals surface area (Å²) in [7, 11) is -3.01. The first kappa shape index (κ1) is 18.3. The van der Waals surface area contributed by atoms with Crippen LogP contribution in [0.2, 0.25) is 0 Å². The predicted octanol–water partition coefficient (Wildman–Crippen LogP) is 1.96. The van der Waals surface area contributed by atoms with Gasteiger partial charge in [-0.05, 0) is 27.2 Å². The Bertz CT molecular complexity index is 390. The molecule has 1 fully saturated rings. The Morgan fingerprint density at radius 2 is 2.05 bits per heavy atom. The number of hydrogen-bond donors (Lipinski definition) is 1. The van der Waals surface area contributed by atoms with E-state index in [0.29, 0.717) is 11.8 Å². The van der Waals surface area contributed by atoms with Crippen molar-refractivity contribution in [3.63, 3.8) is 0 Å². The van der Waals surface area contributed by atoms with Gasteiger partial charge in [0.2, 0.25) is 0 Å². The first-order valence-electron chi connectivity index (χ1n) is 7.42. The minimum atomic E-state index is -3.01. The molecule has 0 amide bonds. The van der Waals surface area contributed by atoms with Crippen LogP contribution in [0.15, 0.2) is 0 Å². The van der Waals surface area contributed by atoms with Crippen molar-refractivity contribution in [3.8, 4) is 0 Å². The van der Waals surface area contributed by atoms with Gasteiger partial charge >= 0.3 is 0 Å². The molecule has 20 heavy (non-hydrogen) atoms. The summed E-state index contributed by atoms with van der Waals surface area (Å²) in [6, 6.07) is 0.305. The number of nitrogens with zero attached hydrogens (tertiary/aromatic N) is 1. The fourth-order valence-corrected chi connectivity index (χ4v) is 5.47. The Hall–Kier alpha value is 0.220. The van der Waals surface area contributed by atoms with Gasteiger partial charge in [0.15, 0.2) is 9.84 Å². The summed E-state index contributed by atoms with van der Waals surface area (Å²) in [5, 5.41) is 3.21. The molecule has 0 aromatic carbocycles.